The van der Waals surface area contributed by atoms with E-state index in [1.807, 2.05) is 11.8 Å². The molecular weight excluding hydrogens is 322 g/mol. The molecule has 0 radical (unpaired) electrons. The Morgan fingerprint density at radius 2 is 1.72 bits per heavy atom. The summed E-state index contributed by atoms with van der Waals surface area (Å²) in [4.78, 5) is 4.24. The van der Waals surface area contributed by atoms with E-state index in [0.717, 1.165) is 11.8 Å². The Balaban J connectivity index is 1.73. The van der Waals surface area contributed by atoms with Gasteiger partial charge in [-0.1, -0.05) is 56.3 Å². The summed E-state index contributed by atoms with van der Waals surface area (Å²) in [5.41, 5.74) is 4.62. The molecule has 0 aromatic heterocycles. The standard InChI is InChI=1S/C23H31NS/c1-3-15-24(16-4-2)21-14-13-20-11-8-12-23(22(20)17-21)25-18-19-9-6-5-7-10-19/h5-12,21H,3-4,13-18H2,1-2H3. The summed E-state index contributed by atoms with van der Waals surface area (Å²) >= 11 is 2.01. The largest absolute Gasteiger partial charge is 0.300 e. The zero-order valence-electron chi connectivity index (χ0n) is 15.7. The van der Waals surface area contributed by atoms with Crippen LogP contribution in [0.2, 0.25) is 0 Å². The molecule has 0 aliphatic heterocycles. The van der Waals surface area contributed by atoms with E-state index in [9.17, 15) is 0 Å². The van der Waals surface area contributed by atoms with Crippen molar-refractivity contribution in [2.75, 3.05) is 13.1 Å². The van der Waals surface area contributed by atoms with Gasteiger partial charge in [-0.2, -0.15) is 0 Å². The second-order valence-corrected chi connectivity index (χ2v) is 8.12. The number of fused-ring (bicyclic) bond motifs is 1. The summed E-state index contributed by atoms with van der Waals surface area (Å²) in [5.74, 6) is 1.07. The summed E-state index contributed by atoms with van der Waals surface area (Å²) in [6.07, 6.45) is 6.30. The van der Waals surface area contributed by atoms with E-state index in [4.69, 9.17) is 0 Å². The molecule has 0 saturated carbocycles. The predicted molar refractivity (Wildman–Crippen MR) is 110 cm³/mol. The van der Waals surface area contributed by atoms with Crippen molar-refractivity contribution < 1.29 is 0 Å². The summed E-state index contributed by atoms with van der Waals surface area (Å²) in [6.45, 7) is 7.10. The Kier molecular flexibility index (Phi) is 7.01. The first-order valence-electron chi connectivity index (χ1n) is 9.83. The second kappa shape index (κ2) is 9.45. The third-order valence-corrected chi connectivity index (χ3v) is 6.36. The monoisotopic (exact) mass is 353 g/mol. The van der Waals surface area contributed by atoms with Gasteiger partial charge < -0.3 is 4.90 Å². The van der Waals surface area contributed by atoms with Gasteiger partial charge in [0.05, 0.1) is 0 Å². The first kappa shape index (κ1) is 18.5. The number of nitrogens with zero attached hydrogens (tertiary/aromatic N) is 1. The van der Waals surface area contributed by atoms with Crippen LogP contribution < -0.4 is 0 Å². The Bertz CT molecular complexity index is 646. The normalized spacial score (nSPS) is 16.8. The van der Waals surface area contributed by atoms with Crippen molar-refractivity contribution >= 4 is 11.8 Å². The van der Waals surface area contributed by atoms with Crippen LogP contribution in [0.3, 0.4) is 0 Å². The van der Waals surface area contributed by atoms with Gasteiger partial charge in [0.1, 0.15) is 0 Å². The van der Waals surface area contributed by atoms with Gasteiger partial charge in [0.2, 0.25) is 0 Å². The quantitative estimate of drug-likeness (QED) is 0.539. The van der Waals surface area contributed by atoms with E-state index in [0.29, 0.717) is 0 Å². The zero-order valence-corrected chi connectivity index (χ0v) is 16.5. The van der Waals surface area contributed by atoms with Crippen LogP contribution in [-0.4, -0.2) is 24.0 Å². The van der Waals surface area contributed by atoms with E-state index in [2.05, 4.69) is 67.3 Å². The average Bonchev–Trinajstić information content (AvgIpc) is 2.66. The maximum Gasteiger partial charge on any atom is 0.0232 e. The van der Waals surface area contributed by atoms with Crippen molar-refractivity contribution in [3.05, 3.63) is 65.2 Å². The number of thioether (sulfide) groups is 1. The molecule has 134 valence electrons. The van der Waals surface area contributed by atoms with Crippen LogP contribution in [0.25, 0.3) is 0 Å². The fourth-order valence-electron chi connectivity index (χ4n) is 3.97. The minimum Gasteiger partial charge on any atom is -0.300 e. The third-order valence-electron chi connectivity index (χ3n) is 5.19. The lowest BCUT2D eigenvalue weighted by Crippen LogP contribution is -2.40. The van der Waals surface area contributed by atoms with E-state index in [1.54, 1.807) is 11.1 Å². The highest BCUT2D eigenvalue weighted by Crippen LogP contribution is 2.34. The molecule has 3 rings (SSSR count). The summed E-state index contributed by atoms with van der Waals surface area (Å²) < 4.78 is 0. The molecule has 25 heavy (non-hydrogen) atoms. The lowest BCUT2D eigenvalue weighted by Gasteiger charge is -2.35. The molecule has 2 aromatic carbocycles. The van der Waals surface area contributed by atoms with Crippen LogP contribution in [-0.2, 0) is 18.6 Å². The predicted octanol–water partition coefficient (Wildman–Crippen LogP) is 5.96. The summed E-state index contributed by atoms with van der Waals surface area (Å²) in [6, 6.07) is 18.5. The Labute approximate surface area is 157 Å². The highest BCUT2D eigenvalue weighted by atomic mass is 32.2. The van der Waals surface area contributed by atoms with Crippen LogP contribution in [0, 0.1) is 0 Å². The number of hydrogen-bond acceptors (Lipinski definition) is 2. The molecule has 1 unspecified atom stereocenters. The van der Waals surface area contributed by atoms with Crippen LogP contribution in [0.5, 0.6) is 0 Å². The maximum absolute atomic E-state index is 2.74. The minimum atomic E-state index is 0.728. The Morgan fingerprint density at radius 3 is 2.44 bits per heavy atom. The van der Waals surface area contributed by atoms with Crippen molar-refractivity contribution in [2.24, 2.45) is 0 Å². The highest BCUT2D eigenvalue weighted by Gasteiger charge is 2.25. The van der Waals surface area contributed by atoms with Gasteiger partial charge in [0.25, 0.3) is 0 Å². The molecule has 2 aromatic rings. The highest BCUT2D eigenvalue weighted by molar-refractivity contribution is 7.98. The molecule has 0 bridgehead atoms. The molecular formula is C23H31NS. The lowest BCUT2D eigenvalue weighted by atomic mass is 9.87. The zero-order chi connectivity index (χ0) is 17.5. The SMILES string of the molecule is CCCN(CCC)C1CCc2cccc(SCc3ccccc3)c2C1. The van der Waals surface area contributed by atoms with Crippen molar-refractivity contribution in [3.8, 4) is 0 Å². The second-order valence-electron chi connectivity index (χ2n) is 7.10. The van der Waals surface area contributed by atoms with Gasteiger partial charge in [0.15, 0.2) is 0 Å². The smallest absolute Gasteiger partial charge is 0.0232 e. The number of hydrogen-bond donors (Lipinski definition) is 0. The maximum atomic E-state index is 2.74. The fraction of sp³-hybridized carbons (Fsp3) is 0.478. The Hall–Kier alpha value is -1.25. The molecule has 0 amide bonds. The molecule has 1 aliphatic carbocycles. The summed E-state index contributed by atoms with van der Waals surface area (Å²) in [5, 5.41) is 0. The van der Waals surface area contributed by atoms with Crippen molar-refractivity contribution in [1.82, 2.24) is 4.90 Å². The molecule has 1 aliphatic rings. The summed E-state index contributed by atoms with van der Waals surface area (Å²) in [7, 11) is 0. The number of rotatable bonds is 8. The van der Waals surface area contributed by atoms with Crippen molar-refractivity contribution in [2.45, 2.75) is 62.6 Å². The van der Waals surface area contributed by atoms with Gasteiger partial charge in [-0.3, -0.25) is 0 Å². The van der Waals surface area contributed by atoms with Crippen LogP contribution >= 0.6 is 11.8 Å². The van der Waals surface area contributed by atoms with Crippen LogP contribution in [0.4, 0.5) is 0 Å². The molecule has 1 nitrogen and oxygen atoms in total. The number of benzene rings is 2. The molecule has 0 N–H and O–H groups in total. The first-order valence-corrected chi connectivity index (χ1v) is 10.8. The lowest BCUT2D eigenvalue weighted by molar-refractivity contribution is 0.179. The van der Waals surface area contributed by atoms with E-state index < -0.39 is 0 Å². The fourth-order valence-corrected chi connectivity index (χ4v) is 5.05. The van der Waals surface area contributed by atoms with E-state index >= 15 is 0 Å². The number of aryl methyl sites for hydroxylation is 1. The third kappa shape index (κ3) is 4.89. The molecule has 0 heterocycles. The average molecular weight is 354 g/mol. The molecule has 0 fully saturated rings. The topological polar surface area (TPSA) is 3.24 Å². The minimum absolute atomic E-state index is 0.728. The van der Waals surface area contributed by atoms with Gasteiger partial charge in [-0.15, -0.1) is 11.8 Å². The van der Waals surface area contributed by atoms with E-state index in [1.165, 1.54) is 55.7 Å². The van der Waals surface area contributed by atoms with Gasteiger partial charge in [-0.05, 0) is 68.0 Å². The van der Waals surface area contributed by atoms with Gasteiger partial charge in [-0.25, -0.2) is 0 Å². The molecule has 0 spiro atoms. The molecule has 1 atom stereocenters. The van der Waals surface area contributed by atoms with Crippen molar-refractivity contribution in [1.29, 1.82) is 0 Å². The van der Waals surface area contributed by atoms with Crippen molar-refractivity contribution in [3.63, 3.8) is 0 Å². The van der Waals surface area contributed by atoms with E-state index in [-0.39, 0.29) is 0 Å². The van der Waals surface area contributed by atoms with Gasteiger partial charge in [0, 0.05) is 16.7 Å². The molecule has 0 saturated heterocycles. The molecule has 2 heteroatoms. The van der Waals surface area contributed by atoms with Gasteiger partial charge >= 0.3 is 0 Å². The Morgan fingerprint density at radius 1 is 0.960 bits per heavy atom. The first-order chi connectivity index (χ1) is 12.3. The van der Waals surface area contributed by atoms with Crippen LogP contribution in [0.1, 0.15) is 49.8 Å². The van der Waals surface area contributed by atoms with Crippen LogP contribution in [0.15, 0.2) is 53.4 Å².